The molecule has 9 heteroatoms. The molecule has 0 unspecified atom stereocenters. The maximum atomic E-state index is 12.3. The Morgan fingerprint density at radius 1 is 1.18 bits per heavy atom. The molecule has 1 aliphatic heterocycles. The van der Waals surface area contributed by atoms with E-state index < -0.39 is 0 Å². The molecule has 4 rings (SSSR count). The summed E-state index contributed by atoms with van der Waals surface area (Å²) in [4.78, 5) is 39.1. The molecule has 0 atom stereocenters. The van der Waals surface area contributed by atoms with Gasteiger partial charge in [0.25, 0.3) is 0 Å². The lowest BCUT2D eigenvalue weighted by molar-refractivity contribution is -0.113. The Labute approximate surface area is 170 Å². The van der Waals surface area contributed by atoms with Crippen molar-refractivity contribution in [2.45, 2.75) is 24.8 Å². The maximum absolute atomic E-state index is 12.3. The summed E-state index contributed by atoms with van der Waals surface area (Å²) >= 11 is 2.96. The van der Waals surface area contributed by atoms with E-state index in [9.17, 15) is 9.59 Å². The largest absolute Gasteiger partial charge is 0.348 e. The van der Waals surface area contributed by atoms with E-state index in [1.165, 1.54) is 37.9 Å². The van der Waals surface area contributed by atoms with Crippen molar-refractivity contribution in [1.29, 1.82) is 0 Å². The van der Waals surface area contributed by atoms with Crippen molar-refractivity contribution in [2.24, 2.45) is 0 Å². The minimum Gasteiger partial charge on any atom is -0.348 e. The van der Waals surface area contributed by atoms with Gasteiger partial charge in [-0.25, -0.2) is 9.97 Å². The molecule has 1 saturated heterocycles. The van der Waals surface area contributed by atoms with Crippen LogP contribution in [0.4, 0.5) is 10.8 Å². The number of aromatic nitrogens is 3. The van der Waals surface area contributed by atoms with Crippen LogP contribution in [-0.2, 0) is 4.79 Å². The third-order valence-corrected chi connectivity index (χ3v) is 6.67. The zero-order valence-corrected chi connectivity index (χ0v) is 17.0. The molecule has 7 nitrogen and oxygen atoms in total. The van der Waals surface area contributed by atoms with Crippen LogP contribution in [0.2, 0.25) is 0 Å². The molecular weight excluding hydrogens is 394 g/mol. The summed E-state index contributed by atoms with van der Waals surface area (Å²) in [6, 6.07) is 6.87. The second-order valence-electron chi connectivity index (χ2n) is 6.49. The Morgan fingerprint density at radius 3 is 2.64 bits per heavy atom. The van der Waals surface area contributed by atoms with Crippen LogP contribution in [0.5, 0.6) is 0 Å². The average Bonchev–Trinajstić information content (AvgIpc) is 3.36. The first kappa shape index (κ1) is 18.8. The van der Waals surface area contributed by atoms with Gasteiger partial charge in [-0.2, -0.15) is 4.98 Å². The number of carbonyl (C=O) groups excluding carboxylic acids is 2. The van der Waals surface area contributed by atoms with Crippen molar-refractivity contribution in [2.75, 3.05) is 29.1 Å². The molecule has 1 aliphatic rings. The molecular formula is C19H19N5O2S2. The van der Waals surface area contributed by atoms with Gasteiger partial charge >= 0.3 is 0 Å². The summed E-state index contributed by atoms with van der Waals surface area (Å²) in [5, 5.41) is 4.59. The molecule has 0 saturated carbocycles. The van der Waals surface area contributed by atoms with E-state index in [1.54, 1.807) is 35.6 Å². The monoisotopic (exact) mass is 413 g/mol. The molecule has 0 aliphatic carbocycles. The molecule has 3 heterocycles. The fourth-order valence-corrected chi connectivity index (χ4v) is 4.93. The highest BCUT2D eigenvalue weighted by molar-refractivity contribution is 8.00. The van der Waals surface area contributed by atoms with Crippen LogP contribution in [0.25, 0.3) is 10.3 Å². The van der Waals surface area contributed by atoms with Crippen molar-refractivity contribution in [3.05, 3.63) is 36.2 Å². The predicted octanol–water partition coefficient (Wildman–Crippen LogP) is 3.62. The van der Waals surface area contributed by atoms with Gasteiger partial charge in [-0.3, -0.25) is 9.59 Å². The molecule has 1 fully saturated rings. The van der Waals surface area contributed by atoms with Crippen LogP contribution in [0.15, 0.2) is 35.6 Å². The molecule has 1 aromatic carbocycles. The lowest BCUT2D eigenvalue weighted by atomic mass is 10.1. The van der Waals surface area contributed by atoms with Gasteiger partial charge in [0, 0.05) is 24.3 Å². The first-order valence-corrected chi connectivity index (χ1v) is 10.8. The lowest BCUT2D eigenvalue weighted by Crippen LogP contribution is -2.16. The highest BCUT2D eigenvalue weighted by atomic mass is 32.2. The van der Waals surface area contributed by atoms with E-state index >= 15 is 0 Å². The van der Waals surface area contributed by atoms with Gasteiger partial charge < -0.3 is 10.2 Å². The third kappa shape index (κ3) is 4.15. The number of nitrogens with zero attached hydrogens (tertiary/aromatic N) is 4. The zero-order valence-electron chi connectivity index (χ0n) is 15.3. The molecule has 1 N–H and O–H groups in total. The van der Waals surface area contributed by atoms with Gasteiger partial charge in [-0.1, -0.05) is 23.1 Å². The number of benzene rings is 1. The second-order valence-corrected chi connectivity index (χ2v) is 8.43. The van der Waals surface area contributed by atoms with Gasteiger partial charge in [0.2, 0.25) is 5.91 Å². The van der Waals surface area contributed by atoms with E-state index in [-0.39, 0.29) is 17.4 Å². The summed E-state index contributed by atoms with van der Waals surface area (Å²) in [5.41, 5.74) is 1.97. The second kappa shape index (κ2) is 8.24. The number of anilines is 2. The first-order valence-electron chi connectivity index (χ1n) is 9.00. The zero-order chi connectivity index (χ0) is 19.5. The van der Waals surface area contributed by atoms with Crippen molar-refractivity contribution in [3.8, 4) is 0 Å². The van der Waals surface area contributed by atoms with E-state index in [0.29, 0.717) is 16.9 Å². The number of ketones is 1. The standard InChI is InChI=1S/C19H19N5O2S2/c1-12(25)13-4-6-14(7-5-13)22-15(26)10-27-18-16-17(20-11-21-18)23-19(28-16)24-8-2-3-9-24/h4-7,11H,2-3,8-10H2,1H3,(H,22,26). The number of thioether (sulfide) groups is 1. The summed E-state index contributed by atoms with van der Waals surface area (Å²) < 4.78 is 0.924. The van der Waals surface area contributed by atoms with Crippen LogP contribution >= 0.6 is 23.1 Å². The van der Waals surface area contributed by atoms with Gasteiger partial charge in [-0.15, -0.1) is 0 Å². The van der Waals surface area contributed by atoms with Crippen molar-refractivity contribution in [3.63, 3.8) is 0 Å². The van der Waals surface area contributed by atoms with E-state index in [0.717, 1.165) is 27.9 Å². The first-order chi connectivity index (χ1) is 13.6. The third-order valence-electron chi connectivity index (χ3n) is 4.44. The van der Waals surface area contributed by atoms with E-state index in [2.05, 4.69) is 25.2 Å². The highest BCUT2D eigenvalue weighted by Crippen LogP contribution is 2.34. The number of carbonyl (C=O) groups is 2. The molecule has 0 bridgehead atoms. The predicted molar refractivity (Wildman–Crippen MR) is 112 cm³/mol. The van der Waals surface area contributed by atoms with Crippen LogP contribution in [-0.4, -0.2) is 45.5 Å². The highest BCUT2D eigenvalue weighted by Gasteiger charge is 2.19. The van der Waals surface area contributed by atoms with Gasteiger partial charge in [-0.05, 0) is 44.0 Å². The minimum absolute atomic E-state index is 0.000863. The quantitative estimate of drug-likeness (QED) is 0.375. The molecule has 1 amide bonds. The molecule has 0 radical (unpaired) electrons. The van der Waals surface area contributed by atoms with E-state index in [1.807, 2.05) is 0 Å². The number of rotatable bonds is 6. The fourth-order valence-electron chi connectivity index (χ4n) is 2.99. The van der Waals surface area contributed by atoms with Gasteiger partial charge in [0.05, 0.1) is 5.75 Å². The van der Waals surface area contributed by atoms with Crippen LogP contribution in [0.1, 0.15) is 30.1 Å². The fraction of sp³-hybridized carbons (Fsp3) is 0.316. The van der Waals surface area contributed by atoms with Crippen molar-refractivity contribution >= 4 is 56.0 Å². The molecule has 0 spiro atoms. The Morgan fingerprint density at radius 2 is 1.93 bits per heavy atom. The number of hydrogen-bond acceptors (Lipinski definition) is 8. The van der Waals surface area contributed by atoms with Gasteiger partial charge in [0.1, 0.15) is 16.1 Å². The Hall–Kier alpha value is -2.52. The normalized spacial score (nSPS) is 13.8. The van der Waals surface area contributed by atoms with Crippen molar-refractivity contribution in [1.82, 2.24) is 15.0 Å². The lowest BCUT2D eigenvalue weighted by Gasteiger charge is -2.11. The number of nitrogens with one attached hydrogen (secondary N) is 1. The number of thiazole rings is 1. The maximum Gasteiger partial charge on any atom is 0.234 e. The summed E-state index contributed by atoms with van der Waals surface area (Å²) in [7, 11) is 0. The average molecular weight is 414 g/mol. The smallest absolute Gasteiger partial charge is 0.234 e. The topological polar surface area (TPSA) is 88.1 Å². The summed E-state index contributed by atoms with van der Waals surface area (Å²) in [6.45, 7) is 3.57. The Bertz CT molecular complexity index is 1010. The van der Waals surface area contributed by atoms with Crippen LogP contribution in [0.3, 0.4) is 0 Å². The number of fused-ring (bicyclic) bond motifs is 1. The molecule has 3 aromatic rings. The summed E-state index contributed by atoms with van der Waals surface area (Å²) in [5.74, 6) is 0.105. The number of Topliss-reactive ketones (excluding diaryl/α,β-unsaturated/α-hetero) is 1. The number of hydrogen-bond donors (Lipinski definition) is 1. The SMILES string of the molecule is CC(=O)c1ccc(NC(=O)CSc2ncnc3nc(N4CCCC4)sc23)cc1. The van der Waals surface area contributed by atoms with Crippen molar-refractivity contribution < 1.29 is 9.59 Å². The summed E-state index contributed by atoms with van der Waals surface area (Å²) in [6.07, 6.45) is 3.88. The van der Waals surface area contributed by atoms with Gasteiger partial charge in [0.15, 0.2) is 16.6 Å². The van der Waals surface area contributed by atoms with Crippen LogP contribution in [0, 0.1) is 0 Å². The Balaban J connectivity index is 1.41. The van der Waals surface area contributed by atoms with E-state index in [4.69, 9.17) is 0 Å². The van der Waals surface area contributed by atoms with Crippen LogP contribution < -0.4 is 10.2 Å². The molecule has 144 valence electrons. The minimum atomic E-state index is -0.128. The Kier molecular flexibility index (Phi) is 5.54. The number of amides is 1. The molecule has 2 aromatic heterocycles. The molecule has 28 heavy (non-hydrogen) atoms.